The third kappa shape index (κ3) is 7.75. The van der Waals surface area contributed by atoms with Gasteiger partial charge in [0.15, 0.2) is 6.29 Å². The molecule has 0 bridgehead atoms. The highest BCUT2D eigenvalue weighted by Crippen LogP contribution is 2.51. The van der Waals surface area contributed by atoms with Crippen LogP contribution in [-0.4, -0.2) is 35.3 Å². The summed E-state index contributed by atoms with van der Waals surface area (Å²) in [5, 5.41) is 10.6. The normalized spacial score (nSPS) is 36.6. The molecule has 1 saturated carbocycles. The van der Waals surface area contributed by atoms with E-state index in [-0.39, 0.29) is 30.5 Å². The Balaban J connectivity index is 0.00000114. The Hall–Kier alpha value is -0.580. The third-order valence-electron chi connectivity index (χ3n) is 5.53. The Morgan fingerprint density at radius 3 is 2.33 bits per heavy atom. The molecule has 0 aromatic carbocycles. The van der Waals surface area contributed by atoms with Crippen molar-refractivity contribution in [2.75, 3.05) is 0 Å². The fourth-order valence-corrected chi connectivity index (χ4v) is 3.65. The maximum absolute atomic E-state index is 10.6. The quantitative estimate of drug-likeness (QED) is 0.547. The molecule has 27 heavy (non-hydrogen) atoms. The van der Waals surface area contributed by atoms with Gasteiger partial charge in [0.2, 0.25) is 0 Å². The molecule has 2 aliphatic rings. The number of ether oxygens (including phenoxy) is 3. The van der Waals surface area contributed by atoms with Gasteiger partial charge in [0, 0.05) is 11.8 Å². The summed E-state index contributed by atoms with van der Waals surface area (Å²) in [5.41, 5.74) is -0.662. The highest BCUT2D eigenvalue weighted by molar-refractivity contribution is 5.16. The lowest BCUT2D eigenvalue weighted by Crippen LogP contribution is -2.40. The van der Waals surface area contributed by atoms with Crippen molar-refractivity contribution in [2.24, 2.45) is 17.8 Å². The van der Waals surface area contributed by atoms with E-state index in [1.54, 1.807) is 0 Å². The molecule has 1 aliphatic carbocycles. The zero-order valence-electron chi connectivity index (χ0n) is 19.0. The lowest BCUT2D eigenvalue weighted by atomic mass is 9.90. The van der Waals surface area contributed by atoms with E-state index in [9.17, 15) is 5.11 Å². The van der Waals surface area contributed by atoms with Gasteiger partial charge < -0.3 is 19.3 Å². The molecule has 3 unspecified atom stereocenters. The Morgan fingerprint density at radius 1 is 1.19 bits per heavy atom. The van der Waals surface area contributed by atoms with Crippen molar-refractivity contribution in [1.29, 1.82) is 0 Å². The first-order valence-corrected chi connectivity index (χ1v) is 10.9. The topological polar surface area (TPSA) is 47.9 Å². The molecule has 1 heterocycles. The van der Waals surface area contributed by atoms with Crippen molar-refractivity contribution in [1.82, 2.24) is 0 Å². The molecule has 4 nitrogen and oxygen atoms in total. The van der Waals surface area contributed by atoms with Crippen molar-refractivity contribution in [3.8, 4) is 0 Å². The summed E-state index contributed by atoms with van der Waals surface area (Å²) in [7, 11) is 0. The fourth-order valence-electron chi connectivity index (χ4n) is 3.65. The molecule has 1 aliphatic heterocycles. The summed E-state index contributed by atoms with van der Waals surface area (Å²) in [5.74, 6) is 1.77. The predicted octanol–water partition coefficient (Wildman–Crippen LogP) is 5.68. The molecule has 7 atom stereocenters. The van der Waals surface area contributed by atoms with E-state index in [1.807, 2.05) is 13.8 Å². The largest absolute Gasteiger partial charge is 0.496 e. The van der Waals surface area contributed by atoms with Gasteiger partial charge >= 0.3 is 0 Å². The van der Waals surface area contributed by atoms with Gasteiger partial charge in [0.05, 0.1) is 29.7 Å². The maximum Gasteiger partial charge on any atom is 0.160 e. The summed E-state index contributed by atoms with van der Waals surface area (Å²) >= 11 is 0. The van der Waals surface area contributed by atoms with Crippen molar-refractivity contribution < 1.29 is 19.3 Å². The predicted molar refractivity (Wildman–Crippen MR) is 111 cm³/mol. The molecular formula is C23H44O4. The van der Waals surface area contributed by atoms with Crippen LogP contribution in [0.5, 0.6) is 0 Å². The van der Waals surface area contributed by atoms with Gasteiger partial charge in [-0.05, 0) is 59.3 Å². The molecule has 0 spiro atoms. The number of aliphatic hydroxyl groups is 1. The van der Waals surface area contributed by atoms with Crippen LogP contribution in [0.4, 0.5) is 0 Å². The first-order valence-electron chi connectivity index (χ1n) is 10.9. The molecular weight excluding hydrogens is 340 g/mol. The molecule has 4 heteroatoms. The van der Waals surface area contributed by atoms with Crippen molar-refractivity contribution in [2.45, 2.75) is 118 Å². The minimum Gasteiger partial charge on any atom is -0.496 e. The van der Waals surface area contributed by atoms with Crippen LogP contribution < -0.4 is 0 Å². The molecule has 2 rings (SSSR count). The highest BCUT2D eigenvalue weighted by Gasteiger charge is 2.55. The van der Waals surface area contributed by atoms with Gasteiger partial charge in [-0.15, -0.1) is 0 Å². The van der Waals surface area contributed by atoms with Gasteiger partial charge in [0.1, 0.15) is 0 Å². The Kier molecular flexibility index (Phi) is 9.81. The average molecular weight is 385 g/mol. The van der Waals surface area contributed by atoms with E-state index < -0.39 is 5.60 Å². The van der Waals surface area contributed by atoms with E-state index in [2.05, 4.69) is 48.1 Å². The van der Waals surface area contributed by atoms with Crippen LogP contribution in [0.1, 0.15) is 87.5 Å². The zero-order valence-corrected chi connectivity index (χ0v) is 19.0. The molecule has 0 radical (unpaired) electrons. The second-order valence-electron chi connectivity index (χ2n) is 9.09. The molecule has 1 saturated heterocycles. The van der Waals surface area contributed by atoms with E-state index in [4.69, 9.17) is 14.2 Å². The Morgan fingerprint density at radius 2 is 1.78 bits per heavy atom. The van der Waals surface area contributed by atoms with Gasteiger partial charge in [0.25, 0.3) is 0 Å². The number of rotatable bonds is 8. The molecule has 0 aromatic rings. The summed E-state index contributed by atoms with van der Waals surface area (Å²) < 4.78 is 17.8. The first-order chi connectivity index (χ1) is 12.5. The van der Waals surface area contributed by atoms with Crippen molar-refractivity contribution >= 4 is 0 Å². The Bertz CT molecular complexity index is 450. The SMILES string of the molecule is C=C(OC(C)C)C1C[C@@]1(O)CC[C@@H](C)OC1O[C@@H](C)C(C)C[C@H]1C.CCC. The van der Waals surface area contributed by atoms with E-state index in [1.165, 1.54) is 6.42 Å². The van der Waals surface area contributed by atoms with E-state index >= 15 is 0 Å². The van der Waals surface area contributed by atoms with Gasteiger partial charge in [-0.2, -0.15) is 0 Å². The lowest BCUT2D eigenvalue weighted by Gasteiger charge is -2.38. The van der Waals surface area contributed by atoms with Crippen LogP contribution in [0.15, 0.2) is 12.3 Å². The Labute approximate surface area is 167 Å². The standard InChI is InChI=1S/C20H36O4.C3H8/c1-12(2)22-17(7)18-11-20(18,21)9-8-15(5)23-19-14(4)10-13(3)16(6)24-19;1-3-2/h12-16,18-19,21H,7-11H2,1-6H3;3H2,1-2H3/t13?,14-,15-,16+,18?,19?,20+;/m1./s1. The van der Waals surface area contributed by atoms with Crippen LogP contribution in [0.3, 0.4) is 0 Å². The third-order valence-corrected chi connectivity index (χ3v) is 5.53. The maximum atomic E-state index is 10.6. The highest BCUT2D eigenvalue weighted by atomic mass is 16.7. The van der Waals surface area contributed by atoms with Gasteiger partial charge in [-0.3, -0.25) is 0 Å². The summed E-state index contributed by atoms with van der Waals surface area (Å²) in [6.07, 6.45) is 4.96. The smallest absolute Gasteiger partial charge is 0.160 e. The summed E-state index contributed by atoms with van der Waals surface area (Å²) in [6, 6.07) is 0. The molecule has 0 amide bonds. The minimum atomic E-state index is -0.662. The van der Waals surface area contributed by atoms with Crippen molar-refractivity contribution in [3.63, 3.8) is 0 Å². The van der Waals surface area contributed by atoms with E-state index in [0.29, 0.717) is 24.0 Å². The second-order valence-corrected chi connectivity index (χ2v) is 9.09. The van der Waals surface area contributed by atoms with Crippen LogP contribution in [0.2, 0.25) is 0 Å². The average Bonchev–Trinajstić information content (AvgIpc) is 3.23. The van der Waals surface area contributed by atoms with Crippen LogP contribution in [0, 0.1) is 17.8 Å². The number of hydrogen-bond donors (Lipinski definition) is 1. The molecule has 1 N–H and O–H groups in total. The first kappa shape index (κ1) is 24.5. The second kappa shape index (κ2) is 10.8. The minimum absolute atomic E-state index is 0.0674. The summed E-state index contributed by atoms with van der Waals surface area (Å²) in [4.78, 5) is 0. The van der Waals surface area contributed by atoms with Crippen LogP contribution in [0.25, 0.3) is 0 Å². The lowest BCUT2D eigenvalue weighted by molar-refractivity contribution is -0.244. The monoisotopic (exact) mass is 384 g/mol. The fraction of sp³-hybridized carbons (Fsp3) is 0.913. The van der Waals surface area contributed by atoms with Crippen LogP contribution in [-0.2, 0) is 14.2 Å². The molecule has 160 valence electrons. The van der Waals surface area contributed by atoms with Gasteiger partial charge in [-0.25, -0.2) is 0 Å². The summed E-state index contributed by atoms with van der Waals surface area (Å²) in [6.45, 7) is 20.8. The molecule has 2 fully saturated rings. The molecule has 0 aromatic heterocycles. The zero-order chi connectivity index (χ0) is 20.8. The van der Waals surface area contributed by atoms with Crippen LogP contribution >= 0.6 is 0 Å². The van der Waals surface area contributed by atoms with Gasteiger partial charge in [-0.1, -0.05) is 40.7 Å². The van der Waals surface area contributed by atoms with E-state index in [0.717, 1.165) is 19.3 Å². The van der Waals surface area contributed by atoms with Crippen molar-refractivity contribution in [3.05, 3.63) is 12.3 Å². The number of hydrogen-bond acceptors (Lipinski definition) is 4.